The van der Waals surface area contributed by atoms with Crippen LogP contribution in [0, 0.1) is 0 Å². The predicted molar refractivity (Wildman–Crippen MR) is 66.1 cm³/mol. The van der Waals surface area contributed by atoms with Gasteiger partial charge in [0, 0.05) is 5.56 Å². The van der Waals surface area contributed by atoms with Gasteiger partial charge in [-0.1, -0.05) is 11.6 Å². The highest BCUT2D eigenvalue weighted by Gasteiger charge is 2.15. The average molecular weight is 273 g/mol. The fraction of sp³-hybridized carbons (Fsp3) is 0.273. The normalized spacial score (nSPS) is 9.72. The third-order valence-corrected chi connectivity index (χ3v) is 2.40. The molecule has 0 unspecified atom stereocenters. The van der Waals surface area contributed by atoms with Gasteiger partial charge in [-0.15, -0.1) is 0 Å². The molecule has 0 radical (unpaired) electrons. The van der Waals surface area contributed by atoms with Gasteiger partial charge in [-0.3, -0.25) is 9.59 Å². The van der Waals surface area contributed by atoms with Crippen molar-refractivity contribution in [2.24, 2.45) is 5.73 Å². The number of halogens is 1. The molecule has 0 aliphatic heterocycles. The van der Waals surface area contributed by atoms with Crippen LogP contribution in [0.3, 0.4) is 0 Å². The summed E-state index contributed by atoms with van der Waals surface area (Å²) in [6.07, 6.45) is 0. The zero-order chi connectivity index (χ0) is 13.7. The molecule has 7 heteroatoms. The summed E-state index contributed by atoms with van der Waals surface area (Å²) in [4.78, 5) is 22.3. The standard InChI is InChI=1S/C11H13ClN2O4/c1-17-8-4-6(3-7(12)10(8)18-2)11(16)14-5-9(13)15/h3-4H,5H2,1-2H3,(H2,13,15)(H,14,16). The molecule has 0 saturated heterocycles. The van der Waals surface area contributed by atoms with E-state index in [0.29, 0.717) is 11.5 Å². The van der Waals surface area contributed by atoms with Crippen molar-refractivity contribution in [2.45, 2.75) is 0 Å². The van der Waals surface area contributed by atoms with Gasteiger partial charge in [0.1, 0.15) is 0 Å². The Balaban J connectivity index is 3.00. The van der Waals surface area contributed by atoms with Crippen molar-refractivity contribution in [1.82, 2.24) is 5.32 Å². The average Bonchev–Trinajstić information content (AvgIpc) is 2.34. The topological polar surface area (TPSA) is 90.6 Å². The number of benzene rings is 1. The second-order valence-electron chi connectivity index (χ2n) is 3.34. The molecule has 0 spiro atoms. The largest absolute Gasteiger partial charge is 0.493 e. The van der Waals surface area contributed by atoms with Crippen LogP contribution in [0.2, 0.25) is 5.02 Å². The lowest BCUT2D eigenvalue weighted by Crippen LogP contribution is -2.33. The lowest BCUT2D eigenvalue weighted by molar-refractivity contribution is -0.117. The van der Waals surface area contributed by atoms with E-state index in [1.807, 2.05) is 0 Å². The molecule has 1 aromatic carbocycles. The van der Waals surface area contributed by atoms with E-state index < -0.39 is 11.8 Å². The zero-order valence-electron chi connectivity index (χ0n) is 9.95. The second-order valence-corrected chi connectivity index (χ2v) is 3.75. The number of ether oxygens (including phenoxy) is 2. The van der Waals surface area contributed by atoms with Crippen LogP contribution in [0.5, 0.6) is 11.5 Å². The van der Waals surface area contributed by atoms with Gasteiger partial charge < -0.3 is 20.5 Å². The SMILES string of the molecule is COc1cc(C(=O)NCC(N)=O)cc(Cl)c1OC. The first-order valence-corrected chi connectivity index (χ1v) is 5.35. The van der Waals surface area contributed by atoms with Gasteiger partial charge in [-0.25, -0.2) is 0 Å². The van der Waals surface area contributed by atoms with Gasteiger partial charge in [-0.05, 0) is 12.1 Å². The summed E-state index contributed by atoms with van der Waals surface area (Å²) in [5.74, 6) is -0.439. The summed E-state index contributed by atoms with van der Waals surface area (Å²) in [5.41, 5.74) is 5.18. The molecule has 0 fully saturated rings. The Hall–Kier alpha value is -1.95. The van der Waals surface area contributed by atoms with Gasteiger partial charge in [0.15, 0.2) is 11.5 Å². The Labute approximate surface area is 109 Å². The van der Waals surface area contributed by atoms with Crippen molar-refractivity contribution in [3.05, 3.63) is 22.7 Å². The third kappa shape index (κ3) is 3.27. The number of hydrogen-bond donors (Lipinski definition) is 2. The summed E-state index contributed by atoms with van der Waals surface area (Å²) >= 11 is 5.94. The van der Waals surface area contributed by atoms with Gasteiger partial charge in [-0.2, -0.15) is 0 Å². The van der Waals surface area contributed by atoms with Crippen LogP contribution in [0.15, 0.2) is 12.1 Å². The first kappa shape index (κ1) is 14.1. The van der Waals surface area contributed by atoms with E-state index in [1.54, 1.807) is 0 Å². The second kappa shape index (κ2) is 6.11. The number of hydrogen-bond acceptors (Lipinski definition) is 4. The van der Waals surface area contributed by atoms with Gasteiger partial charge in [0.25, 0.3) is 5.91 Å². The predicted octanol–water partition coefficient (Wildman–Crippen LogP) is 0.572. The van der Waals surface area contributed by atoms with E-state index in [-0.39, 0.29) is 17.1 Å². The fourth-order valence-electron chi connectivity index (χ4n) is 1.32. The molecule has 2 amide bonds. The molecular weight excluding hydrogens is 260 g/mol. The maximum atomic E-state index is 11.7. The Morgan fingerprint density at radius 3 is 2.50 bits per heavy atom. The molecule has 0 aromatic heterocycles. The van der Waals surface area contributed by atoms with E-state index in [0.717, 1.165) is 0 Å². The molecule has 0 heterocycles. The van der Waals surface area contributed by atoms with E-state index >= 15 is 0 Å². The number of primary amides is 1. The molecule has 6 nitrogen and oxygen atoms in total. The number of nitrogens with two attached hydrogens (primary N) is 1. The summed E-state index contributed by atoms with van der Waals surface area (Å²) in [6, 6.07) is 2.88. The summed E-state index contributed by atoms with van der Waals surface area (Å²) in [5, 5.41) is 2.58. The molecule has 3 N–H and O–H groups in total. The van der Waals surface area contributed by atoms with E-state index in [4.69, 9.17) is 26.8 Å². The number of nitrogens with one attached hydrogen (secondary N) is 1. The van der Waals surface area contributed by atoms with Crippen molar-refractivity contribution in [3.63, 3.8) is 0 Å². The highest BCUT2D eigenvalue weighted by Crippen LogP contribution is 2.35. The van der Waals surface area contributed by atoms with Gasteiger partial charge in [0.05, 0.1) is 25.8 Å². The number of rotatable bonds is 5. The molecular formula is C11H13ClN2O4. The van der Waals surface area contributed by atoms with E-state index in [1.165, 1.54) is 26.4 Å². The first-order chi connectivity index (χ1) is 8.49. The van der Waals surface area contributed by atoms with Crippen molar-refractivity contribution >= 4 is 23.4 Å². The number of carbonyl (C=O) groups excluding carboxylic acids is 2. The molecule has 0 saturated carbocycles. The first-order valence-electron chi connectivity index (χ1n) is 4.97. The maximum Gasteiger partial charge on any atom is 0.251 e. The lowest BCUT2D eigenvalue weighted by Gasteiger charge is -2.11. The van der Waals surface area contributed by atoms with Crippen LogP contribution in [0.4, 0.5) is 0 Å². The van der Waals surface area contributed by atoms with Crippen LogP contribution < -0.4 is 20.5 Å². The van der Waals surface area contributed by atoms with Crippen LogP contribution >= 0.6 is 11.6 Å². The van der Waals surface area contributed by atoms with Crippen molar-refractivity contribution in [1.29, 1.82) is 0 Å². The van der Waals surface area contributed by atoms with E-state index in [2.05, 4.69) is 5.32 Å². The number of methoxy groups -OCH3 is 2. The van der Waals surface area contributed by atoms with Crippen LogP contribution in [-0.4, -0.2) is 32.6 Å². The Morgan fingerprint density at radius 1 is 1.33 bits per heavy atom. The molecule has 1 aromatic rings. The molecule has 0 atom stereocenters. The smallest absolute Gasteiger partial charge is 0.251 e. The monoisotopic (exact) mass is 272 g/mol. The molecule has 0 bridgehead atoms. The van der Waals surface area contributed by atoms with Gasteiger partial charge >= 0.3 is 0 Å². The van der Waals surface area contributed by atoms with Crippen molar-refractivity contribution < 1.29 is 19.1 Å². The number of carbonyl (C=O) groups is 2. The minimum atomic E-state index is -0.630. The molecule has 0 aliphatic rings. The quantitative estimate of drug-likeness (QED) is 0.820. The van der Waals surface area contributed by atoms with Crippen molar-refractivity contribution in [2.75, 3.05) is 20.8 Å². The Morgan fingerprint density at radius 2 is 2.00 bits per heavy atom. The lowest BCUT2D eigenvalue weighted by atomic mass is 10.2. The van der Waals surface area contributed by atoms with Crippen LogP contribution in [-0.2, 0) is 4.79 Å². The maximum absolute atomic E-state index is 11.7. The van der Waals surface area contributed by atoms with Crippen molar-refractivity contribution in [3.8, 4) is 11.5 Å². The molecule has 18 heavy (non-hydrogen) atoms. The minimum Gasteiger partial charge on any atom is -0.493 e. The third-order valence-electron chi connectivity index (χ3n) is 2.12. The summed E-state index contributed by atoms with van der Waals surface area (Å²) in [7, 11) is 2.87. The highest BCUT2D eigenvalue weighted by atomic mass is 35.5. The zero-order valence-corrected chi connectivity index (χ0v) is 10.7. The molecule has 1 rings (SSSR count). The van der Waals surface area contributed by atoms with Gasteiger partial charge in [0.2, 0.25) is 5.91 Å². The molecule has 98 valence electrons. The fourth-order valence-corrected chi connectivity index (χ4v) is 1.61. The Kier molecular flexibility index (Phi) is 4.79. The summed E-state index contributed by atoms with van der Waals surface area (Å²) < 4.78 is 10.1. The Bertz CT molecular complexity index is 476. The number of amides is 2. The minimum absolute atomic E-state index is 0.237. The summed E-state index contributed by atoms with van der Waals surface area (Å²) in [6.45, 7) is -0.245. The highest BCUT2D eigenvalue weighted by molar-refractivity contribution is 6.32. The van der Waals surface area contributed by atoms with E-state index in [9.17, 15) is 9.59 Å². The van der Waals surface area contributed by atoms with Crippen LogP contribution in [0.1, 0.15) is 10.4 Å². The molecule has 0 aliphatic carbocycles. The van der Waals surface area contributed by atoms with Crippen LogP contribution in [0.25, 0.3) is 0 Å².